The Morgan fingerprint density at radius 2 is 2.35 bits per heavy atom. The van der Waals surface area contributed by atoms with E-state index in [-0.39, 0.29) is 5.56 Å². The quantitative estimate of drug-likeness (QED) is 0.905. The third kappa shape index (κ3) is 2.25. The van der Waals surface area contributed by atoms with Crippen LogP contribution in [0.1, 0.15) is 16.2 Å². The minimum atomic E-state index is -0.977. The first-order valence-electron chi connectivity index (χ1n) is 5.02. The van der Waals surface area contributed by atoms with E-state index in [0.717, 1.165) is 0 Å². The zero-order valence-electron chi connectivity index (χ0n) is 9.18. The molecule has 6 heteroatoms. The highest BCUT2D eigenvalue weighted by Gasteiger charge is 2.11. The van der Waals surface area contributed by atoms with Crippen LogP contribution >= 0.6 is 11.6 Å². The molecule has 0 amide bonds. The molecule has 2 aromatic heterocycles. The van der Waals surface area contributed by atoms with Gasteiger partial charge in [0.15, 0.2) is 5.15 Å². The number of rotatable bonds is 4. The Morgan fingerprint density at radius 3 is 3.00 bits per heavy atom. The Labute approximate surface area is 103 Å². The summed E-state index contributed by atoms with van der Waals surface area (Å²) in [7, 11) is 1.60. The molecule has 0 unspecified atom stereocenters. The van der Waals surface area contributed by atoms with Crippen molar-refractivity contribution in [2.45, 2.75) is 6.42 Å². The minimum absolute atomic E-state index is 0.199. The number of carboxylic acid groups (broad SMARTS) is 1. The van der Waals surface area contributed by atoms with Gasteiger partial charge < -0.3 is 14.2 Å². The summed E-state index contributed by atoms with van der Waals surface area (Å²) in [5.41, 5.74) is 0.896. The summed E-state index contributed by atoms with van der Waals surface area (Å²) in [5.74, 6) is -0.288. The predicted molar refractivity (Wildman–Crippen MR) is 62.7 cm³/mol. The van der Waals surface area contributed by atoms with Crippen molar-refractivity contribution < 1.29 is 14.6 Å². The minimum Gasteiger partial charge on any atom is -0.478 e. The number of carboxylic acids is 1. The fraction of sp³-hybridized carbons (Fsp3) is 0.273. The van der Waals surface area contributed by atoms with Crippen molar-refractivity contribution in [3.8, 4) is 0 Å². The number of methoxy groups -OCH3 is 1. The molecule has 0 aromatic carbocycles. The summed E-state index contributed by atoms with van der Waals surface area (Å²) in [6, 6.07) is 3.15. The maximum atomic E-state index is 10.9. The predicted octanol–water partition coefficient (Wildman–Crippen LogP) is 1.87. The summed E-state index contributed by atoms with van der Waals surface area (Å²) in [4.78, 5) is 15.1. The highest BCUT2D eigenvalue weighted by atomic mass is 35.5. The lowest BCUT2D eigenvalue weighted by Crippen LogP contribution is -2.03. The monoisotopic (exact) mass is 254 g/mol. The number of hydrogen-bond acceptors (Lipinski definition) is 3. The maximum absolute atomic E-state index is 10.9. The molecule has 0 spiro atoms. The van der Waals surface area contributed by atoms with E-state index in [0.29, 0.717) is 29.5 Å². The Hall–Kier alpha value is -1.59. The highest BCUT2D eigenvalue weighted by molar-refractivity contribution is 6.32. The van der Waals surface area contributed by atoms with E-state index in [2.05, 4.69) is 4.98 Å². The number of halogens is 1. The molecule has 0 aliphatic heterocycles. The van der Waals surface area contributed by atoms with Gasteiger partial charge in [0.2, 0.25) is 0 Å². The lowest BCUT2D eigenvalue weighted by Gasteiger charge is -2.01. The van der Waals surface area contributed by atoms with E-state index >= 15 is 0 Å². The van der Waals surface area contributed by atoms with Gasteiger partial charge in [0.1, 0.15) is 5.82 Å². The number of nitrogens with zero attached hydrogens (tertiary/aromatic N) is 2. The van der Waals surface area contributed by atoms with Crippen LogP contribution in [0.3, 0.4) is 0 Å². The summed E-state index contributed by atoms with van der Waals surface area (Å²) in [5, 5.41) is 9.30. The van der Waals surface area contributed by atoms with Gasteiger partial charge in [0.05, 0.1) is 17.7 Å². The van der Waals surface area contributed by atoms with Crippen molar-refractivity contribution in [1.82, 2.24) is 9.38 Å². The number of pyridine rings is 1. The summed E-state index contributed by atoms with van der Waals surface area (Å²) in [6.07, 6.45) is 2.09. The topological polar surface area (TPSA) is 63.8 Å². The Kier molecular flexibility index (Phi) is 3.31. The summed E-state index contributed by atoms with van der Waals surface area (Å²) >= 11 is 5.97. The van der Waals surface area contributed by atoms with E-state index in [9.17, 15) is 4.79 Å². The highest BCUT2D eigenvalue weighted by Crippen LogP contribution is 2.19. The average molecular weight is 255 g/mol. The second kappa shape index (κ2) is 4.73. The van der Waals surface area contributed by atoms with Crippen LogP contribution in [0, 0.1) is 0 Å². The molecule has 2 aromatic rings. The van der Waals surface area contributed by atoms with E-state index in [1.54, 1.807) is 17.6 Å². The molecule has 0 fully saturated rings. The van der Waals surface area contributed by atoms with Gasteiger partial charge in [0, 0.05) is 19.7 Å². The smallest absolute Gasteiger partial charge is 0.337 e. The molecule has 0 atom stereocenters. The molecule has 90 valence electrons. The van der Waals surface area contributed by atoms with Crippen LogP contribution in [-0.4, -0.2) is 34.2 Å². The van der Waals surface area contributed by atoms with E-state index < -0.39 is 5.97 Å². The van der Waals surface area contributed by atoms with Gasteiger partial charge in [0.25, 0.3) is 0 Å². The first-order chi connectivity index (χ1) is 8.13. The first-order valence-corrected chi connectivity index (χ1v) is 5.40. The first kappa shape index (κ1) is 11.9. The molecule has 0 bridgehead atoms. The van der Waals surface area contributed by atoms with Gasteiger partial charge in [-0.15, -0.1) is 0 Å². The van der Waals surface area contributed by atoms with Gasteiger partial charge in [-0.1, -0.05) is 11.6 Å². The van der Waals surface area contributed by atoms with Crippen molar-refractivity contribution in [2.24, 2.45) is 0 Å². The standard InChI is InChI=1S/C11H11ClN2O3/c1-17-5-4-9-13-10(12)8-3-2-7(11(15)16)6-14(8)9/h2-3,6H,4-5H2,1H3,(H,15,16). The number of aromatic carboxylic acids is 1. The van der Waals surface area contributed by atoms with Crippen LogP contribution in [0.2, 0.25) is 5.15 Å². The van der Waals surface area contributed by atoms with Crippen LogP contribution in [0.4, 0.5) is 0 Å². The Bertz CT molecular complexity index is 565. The van der Waals surface area contributed by atoms with Gasteiger partial charge in [-0.3, -0.25) is 0 Å². The summed E-state index contributed by atoms with van der Waals surface area (Å²) in [6.45, 7) is 0.507. The van der Waals surface area contributed by atoms with Crippen LogP contribution < -0.4 is 0 Å². The molecular formula is C11H11ClN2O3. The van der Waals surface area contributed by atoms with Gasteiger partial charge >= 0.3 is 5.97 Å². The summed E-state index contributed by atoms with van der Waals surface area (Å²) < 4.78 is 6.65. The lowest BCUT2D eigenvalue weighted by molar-refractivity contribution is 0.0696. The zero-order chi connectivity index (χ0) is 12.4. The SMILES string of the molecule is COCCc1nc(Cl)c2ccc(C(=O)O)cn12. The fourth-order valence-corrected chi connectivity index (χ4v) is 1.85. The van der Waals surface area contributed by atoms with Crippen LogP contribution in [-0.2, 0) is 11.2 Å². The lowest BCUT2D eigenvalue weighted by atomic mass is 10.2. The van der Waals surface area contributed by atoms with Crippen molar-refractivity contribution in [1.29, 1.82) is 0 Å². The van der Waals surface area contributed by atoms with Crippen molar-refractivity contribution in [3.63, 3.8) is 0 Å². The molecule has 0 radical (unpaired) electrons. The van der Waals surface area contributed by atoms with E-state index in [4.69, 9.17) is 21.4 Å². The van der Waals surface area contributed by atoms with Gasteiger partial charge in [-0.05, 0) is 12.1 Å². The molecule has 0 aliphatic rings. The largest absolute Gasteiger partial charge is 0.478 e. The Morgan fingerprint density at radius 1 is 1.59 bits per heavy atom. The molecule has 1 N–H and O–H groups in total. The second-order valence-electron chi connectivity index (χ2n) is 3.54. The molecule has 2 heterocycles. The van der Waals surface area contributed by atoms with Crippen molar-refractivity contribution >= 4 is 23.1 Å². The molecule has 2 rings (SSSR count). The number of aromatic nitrogens is 2. The number of fused-ring (bicyclic) bond motifs is 1. The zero-order valence-corrected chi connectivity index (χ0v) is 9.94. The number of imidazole rings is 1. The third-order valence-electron chi connectivity index (χ3n) is 2.44. The van der Waals surface area contributed by atoms with Gasteiger partial charge in [-0.2, -0.15) is 0 Å². The number of carbonyl (C=O) groups is 1. The van der Waals surface area contributed by atoms with Crippen molar-refractivity contribution in [2.75, 3.05) is 13.7 Å². The van der Waals surface area contributed by atoms with Crippen LogP contribution in [0.15, 0.2) is 18.3 Å². The van der Waals surface area contributed by atoms with E-state index in [1.807, 2.05) is 0 Å². The third-order valence-corrected chi connectivity index (χ3v) is 2.72. The van der Waals surface area contributed by atoms with Gasteiger partial charge in [-0.25, -0.2) is 9.78 Å². The molecule has 5 nitrogen and oxygen atoms in total. The second-order valence-corrected chi connectivity index (χ2v) is 3.90. The molecule has 0 aliphatic carbocycles. The molecular weight excluding hydrogens is 244 g/mol. The van der Waals surface area contributed by atoms with Crippen molar-refractivity contribution in [3.05, 3.63) is 34.9 Å². The average Bonchev–Trinajstić information content (AvgIpc) is 2.63. The van der Waals surface area contributed by atoms with Crippen LogP contribution in [0.5, 0.6) is 0 Å². The van der Waals surface area contributed by atoms with Crippen LogP contribution in [0.25, 0.3) is 5.52 Å². The van der Waals surface area contributed by atoms with E-state index in [1.165, 1.54) is 12.3 Å². The Balaban J connectivity index is 2.52. The molecule has 0 saturated heterocycles. The molecule has 17 heavy (non-hydrogen) atoms. The maximum Gasteiger partial charge on any atom is 0.337 e. The number of ether oxygens (including phenoxy) is 1. The number of hydrogen-bond donors (Lipinski definition) is 1. The molecule has 0 saturated carbocycles. The normalized spacial score (nSPS) is 10.9. The fourth-order valence-electron chi connectivity index (χ4n) is 1.60.